The molecule has 1 aromatic rings. The van der Waals surface area contributed by atoms with Crippen molar-refractivity contribution in [2.45, 2.75) is 67.3 Å². The van der Waals surface area contributed by atoms with Crippen LogP contribution in [0.15, 0.2) is 0 Å². The van der Waals surface area contributed by atoms with Crippen LogP contribution in [0.25, 0.3) is 0 Å². The van der Waals surface area contributed by atoms with Crippen molar-refractivity contribution < 1.29 is 9.59 Å². The second-order valence-corrected chi connectivity index (χ2v) is 9.13. The molecule has 130 valence electrons. The molecule has 0 aromatic carbocycles. The van der Waals surface area contributed by atoms with Gasteiger partial charge in [0.05, 0.1) is 5.54 Å². The first kappa shape index (κ1) is 15.8. The van der Waals surface area contributed by atoms with Crippen molar-refractivity contribution in [2.75, 3.05) is 0 Å². The van der Waals surface area contributed by atoms with E-state index in [1.54, 1.807) is 16.7 Å². The van der Waals surface area contributed by atoms with E-state index in [4.69, 9.17) is 5.73 Å². The van der Waals surface area contributed by atoms with Crippen LogP contribution >= 0.6 is 11.8 Å². The molecule has 0 spiro atoms. The number of rotatable bonds is 3. The number of carbonyl (C=O) groups is 2. The van der Waals surface area contributed by atoms with Gasteiger partial charge < -0.3 is 16.0 Å². The average molecular weight is 351 g/mol. The topological polar surface area (TPSA) is 130 Å². The third kappa shape index (κ3) is 2.16. The smallest absolute Gasteiger partial charge is 0.249 e. The van der Waals surface area contributed by atoms with Gasteiger partial charge in [-0.05, 0) is 37.1 Å². The summed E-state index contributed by atoms with van der Waals surface area (Å²) in [5.74, 6) is 0.259. The Bertz CT molecular complexity index is 671. The van der Waals surface area contributed by atoms with E-state index in [1.165, 1.54) is 0 Å². The zero-order valence-corrected chi connectivity index (χ0v) is 14.5. The van der Waals surface area contributed by atoms with Crippen LogP contribution < -0.4 is 11.1 Å². The lowest BCUT2D eigenvalue weighted by molar-refractivity contribution is -0.152. The van der Waals surface area contributed by atoms with Gasteiger partial charge in [-0.3, -0.25) is 9.59 Å². The van der Waals surface area contributed by atoms with Crippen molar-refractivity contribution in [2.24, 2.45) is 5.73 Å². The Labute approximate surface area is 143 Å². The first-order valence-electron chi connectivity index (χ1n) is 8.17. The predicted octanol–water partition coefficient (Wildman–Crippen LogP) is -0.309. The predicted molar refractivity (Wildman–Crippen MR) is 86.5 cm³/mol. The Morgan fingerprint density at radius 2 is 2.12 bits per heavy atom. The van der Waals surface area contributed by atoms with Gasteiger partial charge in [-0.15, -0.1) is 16.9 Å². The molecule has 3 fully saturated rings. The van der Waals surface area contributed by atoms with Crippen molar-refractivity contribution in [3.63, 3.8) is 0 Å². The minimum atomic E-state index is -0.826. The van der Waals surface area contributed by atoms with Crippen molar-refractivity contribution in [3.8, 4) is 0 Å². The number of nitrogens with one attached hydrogen (secondary N) is 2. The monoisotopic (exact) mass is 351 g/mol. The van der Waals surface area contributed by atoms with Crippen LogP contribution in [0.4, 0.5) is 0 Å². The first-order chi connectivity index (χ1) is 11.3. The Morgan fingerprint density at radius 3 is 2.75 bits per heavy atom. The van der Waals surface area contributed by atoms with E-state index in [0.29, 0.717) is 18.7 Å². The molecule has 4 N–H and O–H groups in total. The number of hydrogen-bond donors (Lipinski definition) is 3. The van der Waals surface area contributed by atoms with E-state index in [1.807, 2.05) is 0 Å². The molecular formula is C14H21N7O2S. The maximum absolute atomic E-state index is 12.7. The van der Waals surface area contributed by atoms with Gasteiger partial charge in [-0.1, -0.05) is 12.8 Å². The summed E-state index contributed by atoms with van der Waals surface area (Å²) in [5.41, 5.74) is 5.37. The standard InChI is InChI=1S/C14H21N7O2S/c1-13(2)8(9-17-19-20-18-9)21-10(22)7(11(21)24-13)16-12(23)14(15)5-3-4-6-14/h7-8,11H,3-6,15H2,1-2H3,(H,16,23)(H,17,18,19,20). The highest BCUT2D eigenvalue weighted by atomic mass is 32.2. The maximum atomic E-state index is 12.7. The molecule has 2 saturated heterocycles. The van der Waals surface area contributed by atoms with Gasteiger partial charge in [0, 0.05) is 4.75 Å². The van der Waals surface area contributed by atoms with Gasteiger partial charge in [0.2, 0.25) is 11.8 Å². The number of nitrogens with zero attached hydrogens (tertiary/aromatic N) is 4. The van der Waals surface area contributed by atoms with Gasteiger partial charge in [0.25, 0.3) is 0 Å². The molecule has 4 rings (SSSR count). The molecule has 1 aliphatic carbocycles. The Hall–Kier alpha value is -1.68. The fourth-order valence-corrected chi connectivity index (χ4v) is 5.63. The number of amides is 2. The number of aromatic nitrogens is 4. The summed E-state index contributed by atoms with van der Waals surface area (Å²) in [4.78, 5) is 26.9. The Balaban J connectivity index is 1.52. The number of carbonyl (C=O) groups excluding carboxylic acids is 2. The van der Waals surface area contributed by atoms with Gasteiger partial charge in [-0.25, -0.2) is 5.10 Å². The molecule has 0 radical (unpaired) electrons. The van der Waals surface area contributed by atoms with Crippen molar-refractivity contribution in [1.29, 1.82) is 0 Å². The molecule has 2 aliphatic heterocycles. The second-order valence-electron chi connectivity index (χ2n) is 7.36. The summed E-state index contributed by atoms with van der Waals surface area (Å²) < 4.78 is -0.255. The molecule has 3 aliphatic rings. The summed E-state index contributed by atoms with van der Waals surface area (Å²) in [7, 11) is 0. The van der Waals surface area contributed by atoms with Crippen LogP contribution in [0.2, 0.25) is 0 Å². The van der Waals surface area contributed by atoms with E-state index < -0.39 is 11.6 Å². The van der Waals surface area contributed by atoms with Crippen molar-refractivity contribution in [3.05, 3.63) is 5.82 Å². The molecule has 9 nitrogen and oxygen atoms in total. The van der Waals surface area contributed by atoms with Crippen LogP contribution in [-0.4, -0.2) is 59.0 Å². The first-order valence-corrected chi connectivity index (χ1v) is 9.05. The largest absolute Gasteiger partial charge is 0.340 e. The molecule has 3 atom stereocenters. The molecule has 2 amide bonds. The number of tetrazole rings is 1. The maximum Gasteiger partial charge on any atom is 0.249 e. The molecule has 0 bridgehead atoms. The van der Waals surface area contributed by atoms with E-state index in [-0.39, 0.29) is 28.0 Å². The quantitative estimate of drug-likeness (QED) is 0.637. The molecular weight excluding hydrogens is 330 g/mol. The lowest BCUT2D eigenvalue weighted by Crippen LogP contribution is -2.70. The number of nitrogens with two attached hydrogens (primary N) is 1. The van der Waals surface area contributed by atoms with E-state index in [2.05, 4.69) is 39.8 Å². The summed E-state index contributed by atoms with van der Waals surface area (Å²) in [6.07, 6.45) is 3.28. The van der Waals surface area contributed by atoms with Crippen molar-refractivity contribution >= 4 is 23.6 Å². The van der Waals surface area contributed by atoms with Gasteiger partial charge >= 0.3 is 0 Å². The number of β-lactam (4-membered cyclic amide) rings is 1. The molecule has 1 saturated carbocycles. The number of aromatic amines is 1. The van der Waals surface area contributed by atoms with Gasteiger partial charge in [0.1, 0.15) is 17.5 Å². The summed E-state index contributed by atoms with van der Waals surface area (Å²) in [5, 5.41) is 16.7. The third-order valence-electron chi connectivity index (χ3n) is 5.30. The normalized spacial score (nSPS) is 33.2. The van der Waals surface area contributed by atoms with Crippen LogP contribution in [-0.2, 0) is 9.59 Å². The molecule has 24 heavy (non-hydrogen) atoms. The summed E-state index contributed by atoms with van der Waals surface area (Å²) in [6, 6.07) is -0.759. The number of fused-ring (bicyclic) bond motifs is 1. The third-order valence-corrected chi connectivity index (χ3v) is 6.87. The lowest BCUT2D eigenvalue weighted by Gasteiger charge is -2.45. The van der Waals surface area contributed by atoms with Gasteiger partial charge in [-0.2, -0.15) is 0 Å². The highest BCUT2D eigenvalue weighted by Crippen LogP contribution is 2.56. The average Bonchev–Trinajstić information content (AvgIpc) is 3.23. The summed E-state index contributed by atoms with van der Waals surface area (Å²) in [6.45, 7) is 4.10. The molecule has 1 aromatic heterocycles. The molecule has 3 heterocycles. The number of H-pyrrole nitrogens is 1. The van der Waals surface area contributed by atoms with E-state index in [9.17, 15) is 9.59 Å². The molecule has 3 unspecified atom stereocenters. The van der Waals surface area contributed by atoms with Crippen LogP contribution in [0.3, 0.4) is 0 Å². The van der Waals surface area contributed by atoms with E-state index in [0.717, 1.165) is 12.8 Å². The van der Waals surface area contributed by atoms with Gasteiger partial charge in [0.15, 0.2) is 5.82 Å². The molecule has 10 heteroatoms. The van der Waals surface area contributed by atoms with Crippen LogP contribution in [0.1, 0.15) is 51.4 Å². The summed E-state index contributed by atoms with van der Waals surface area (Å²) >= 11 is 1.65. The van der Waals surface area contributed by atoms with Crippen LogP contribution in [0, 0.1) is 0 Å². The zero-order valence-electron chi connectivity index (χ0n) is 13.7. The Morgan fingerprint density at radius 1 is 1.42 bits per heavy atom. The fourth-order valence-electron chi connectivity index (χ4n) is 3.99. The van der Waals surface area contributed by atoms with E-state index >= 15 is 0 Å². The fraction of sp³-hybridized carbons (Fsp3) is 0.786. The second kappa shape index (κ2) is 5.16. The number of hydrogen-bond acceptors (Lipinski definition) is 7. The lowest BCUT2D eigenvalue weighted by atomic mass is 9.93. The highest BCUT2D eigenvalue weighted by Gasteiger charge is 2.63. The highest BCUT2D eigenvalue weighted by molar-refractivity contribution is 8.01. The minimum Gasteiger partial charge on any atom is -0.340 e. The number of thioether (sulfide) groups is 1. The minimum absolute atomic E-state index is 0.102. The SMILES string of the molecule is CC1(C)SC2C(NC(=O)C3(N)CCCC3)C(=O)N2C1c1nnn[nH]1. The Kier molecular flexibility index (Phi) is 3.40. The van der Waals surface area contributed by atoms with Crippen molar-refractivity contribution in [1.82, 2.24) is 30.8 Å². The van der Waals surface area contributed by atoms with Crippen LogP contribution in [0.5, 0.6) is 0 Å². The zero-order chi connectivity index (χ0) is 17.1.